The normalized spacial score (nSPS) is 22.9. The van der Waals surface area contributed by atoms with Gasteiger partial charge in [-0.2, -0.15) is 4.31 Å². The number of rotatable bonds is 4. The predicted molar refractivity (Wildman–Crippen MR) is 88.5 cm³/mol. The number of hydrogen-bond acceptors (Lipinski definition) is 4. The van der Waals surface area contributed by atoms with Crippen LogP contribution in [-0.4, -0.2) is 39.0 Å². The molecule has 21 heavy (non-hydrogen) atoms. The topological polar surface area (TPSA) is 72.6 Å². The average molecular weight is 400 g/mol. The first-order valence-corrected chi connectivity index (χ1v) is 8.69. The number of benzene rings is 1. The smallest absolute Gasteiger partial charge is 0.247 e. The average Bonchev–Trinajstić information content (AvgIpc) is 2.80. The molecule has 0 bridgehead atoms. The monoisotopic (exact) mass is 398 g/mol. The number of hydrogen-bond donors (Lipinski definition) is 1. The van der Waals surface area contributed by atoms with Crippen molar-refractivity contribution >= 4 is 38.4 Å². The summed E-state index contributed by atoms with van der Waals surface area (Å²) in [6.45, 7) is 2.89. The van der Waals surface area contributed by atoms with E-state index in [0.717, 1.165) is 6.42 Å². The number of nitrogens with two attached hydrogens (primary N) is 1. The lowest BCUT2D eigenvalue weighted by atomic mass is 10.1. The van der Waals surface area contributed by atoms with E-state index < -0.39 is 10.0 Å². The van der Waals surface area contributed by atoms with Gasteiger partial charge in [-0.15, -0.1) is 12.4 Å². The van der Waals surface area contributed by atoms with Crippen LogP contribution in [-0.2, 0) is 10.0 Å². The zero-order chi connectivity index (χ0) is 14.9. The molecule has 1 aliphatic rings. The standard InChI is InChI=1S/C13H19BrN2O3S.ClH/c1-9-5-10(7-15)8-16(9)20(17,18)13-6-11(14)3-4-12(13)19-2;/h3-4,6,9-10H,5,7-8,15H2,1-2H3;1H. The summed E-state index contributed by atoms with van der Waals surface area (Å²) in [5, 5.41) is 0. The van der Waals surface area contributed by atoms with Crippen molar-refractivity contribution in [1.82, 2.24) is 4.31 Å². The Bertz CT molecular complexity index is 597. The zero-order valence-electron chi connectivity index (χ0n) is 12.0. The molecular formula is C13H20BrClN2O3S. The largest absolute Gasteiger partial charge is 0.495 e. The molecule has 0 saturated carbocycles. The van der Waals surface area contributed by atoms with Gasteiger partial charge in [0.1, 0.15) is 10.6 Å². The molecular weight excluding hydrogens is 380 g/mol. The van der Waals surface area contributed by atoms with Crippen molar-refractivity contribution in [3.8, 4) is 5.75 Å². The summed E-state index contributed by atoms with van der Waals surface area (Å²) < 4.78 is 33.1. The van der Waals surface area contributed by atoms with Crippen molar-refractivity contribution in [1.29, 1.82) is 0 Å². The van der Waals surface area contributed by atoms with Gasteiger partial charge in [-0.3, -0.25) is 0 Å². The van der Waals surface area contributed by atoms with Gasteiger partial charge in [0.15, 0.2) is 0 Å². The fraction of sp³-hybridized carbons (Fsp3) is 0.538. The highest BCUT2D eigenvalue weighted by Gasteiger charge is 2.38. The van der Waals surface area contributed by atoms with Gasteiger partial charge in [0.2, 0.25) is 10.0 Å². The predicted octanol–water partition coefficient (Wildman–Crippen LogP) is 2.24. The van der Waals surface area contributed by atoms with Gasteiger partial charge in [0.05, 0.1) is 7.11 Å². The second-order valence-corrected chi connectivity index (χ2v) is 7.83. The zero-order valence-corrected chi connectivity index (χ0v) is 15.2. The summed E-state index contributed by atoms with van der Waals surface area (Å²) in [5.41, 5.74) is 5.67. The molecule has 2 unspecified atom stereocenters. The second-order valence-electron chi connectivity index (χ2n) is 5.06. The van der Waals surface area contributed by atoms with Crippen LogP contribution in [0.3, 0.4) is 0 Å². The van der Waals surface area contributed by atoms with Crippen molar-refractivity contribution in [2.45, 2.75) is 24.3 Å². The van der Waals surface area contributed by atoms with E-state index in [1.165, 1.54) is 11.4 Å². The van der Waals surface area contributed by atoms with Gasteiger partial charge in [-0.05, 0) is 44.0 Å². The quantitative estimate of drug-likeness (QED) is 0.843. The number of nitrogens with zero attached hydrogens (tertiary/aromatic N) is 1. The highest BCUT2D eigenvalue weighted by molar-refractivity contribution is 9.10. The third kappa shape index (κ3) is 3.71. The van der Waals surface area contributed by atoms with Crippen molar-refractivity contribution in [2.24, 2.45) is 11.7 Å². The van der Waals surface area contributed by atoms with Gasteiger partial charge in [-0.1, -0.05) is 15.9 Å². The summed E-state index contributed by atoms with van der Waals surface area (Å²) in [6.07, 6.45) is 0.798. The molecule has 0 amide bonds. The van der Waals surface area contributed by atoms with Crippen LogP contribution >= 0.6 is 28.3 Å². The van der Waals surface area contributed by atoms with E-state index in [9.17, 15) is 8.42 Å². The molecule has 120 valence electrons. The van der Waals surface area contributed by atoms with Gasteiger partial charge in [-0.25, -0.2) is 8.42 Å². The molecule has 2 rings (SSSR count). The Hall–Kier alpha value is -0.340. The summed E-state index contributed by atoms with van der Waals surface area (Å²) in [7, 11) is -2.10. The number of sulfonamides is 1. The van der Waals surface area contributed by atoms with E-state index in [1.54, 1.807) is 18.2 Å². The minimum Gasteiger partial charge on any atom is -0.495 e. The molecule has 2 atom stereocenters. The lowest BCUT2D eigenvalue weighted by Crippen LogP contribution is -2.34. The molecule has 5 nitrogen and oxygen atoms in total. The minimum atomic E-state index is -3.57. The van der Waals surface area contributed by atoms with Crippen LogP contribution in [0.1, 0.15) is 13.3 Å². The molecule has 1 aromatic rings. The highest BCUT2D eigenvalue weighted by atomic mass is 79.9. The van der Waals surface area contributed by atoms with E-state index in [0.29, 0.717) is 23.3 Å². The Morgan fingerprint density at radius 2 is 2.14 bits per heavy atom. The van der Waals surface area contributed by atoms with Crippen molar-refractivity contribution in [3.63, 3.8) is 0 Å². The second kappa shape index (κ2) is 7.28. The van der Waals surface area contributed by atoms with E-state index in [-0.39, 0.29) is 29.3 Å². The Balaban J connectivity index is 0.00000220. The SMILES string of the molecule is COc1ccc(Br)cc1S(=O)(=O)N1CC(CN)CC1C.Cl. The number of methoxy groups -OCH3 is 1. The van der Waals surface area contributed by atoms with Gasteiger partial charge in [0.25, 0.3) is 0 Å². The molecule has 8 heteroatoms. The third-order valence-corrected chi connectivity index (χ3v) is 6.14. The minimum absolute atomic E-state index is 0. The highest BCUT2D eigenvalue weighted by Crippen LogP contribution is 2.34. The lowest BCUT2D eigenvalue weighted by molar-refractivity contribution is 0.385. The van der Waals surface area contributed by atoms with Gasteiger partial charge >= 0.3 is 0 Å². The summed E-state index contributed by atoms with van der Waals surface area (Å²) >= 11 is 3.31. The van der Waals surface area contributed by atoms with Crippen molar-refractivity contribution in [3.05, 3.63) is 22.7 Å². The number of halogens is 2. The fourth-order valence-electron chi connectivity index (χ4n) is 2.59. The molecule has 0 aromatic heterocycles. The molecule has 1 aliphatic heterocycles. The molecule has 1 saturated heterocycles. The molecule has 0 spiro atoms. The van der Waals surface area contributed by atoms with Crippen LogP contribution in [0.4, 0.5) is 0 Å². The summed E-state index contributed by atoms with van der Waals surface area (Å²) in [6, 6.07) is 4.94. The summed E-state index contributed by atoms with van der Waals surface area (Å²) in [4.78, 5) is 0.193. The molecule has 2 N–H and O–H groups in total. The van der Waals surface area contributed by atoms with E-state index in [2.05, 4.69) is 15.9 Å². The van der Waals surface area contributed by atoms with Crippen molar-refractivity contribution in [2.75, 3.05) is 20.2 Å². The van der Waals surface area contributed by atoms with Gasteiger partial charge in [0, 0.05) is 17.1 Å². The number of ether oxygens (including phenoxy) is 1. The van der Waals surface area contributed by atoms with Crippen LogP contribution in [0.5, 0.6) is 5.75 Å². The van der Waals surface area contributed by atoms with E-state index in [4.69, 9.17) is 10.5 Å². The van der Waals surface area contributed by atoms with Gasteiger partial charge < -0.3 is 10.5 Å². The van der Waals surface area contributed by atoms with Crippen LogP contribution in [0.2, 0.25) is 0 Å². The molecule has 0 radical (unpaired) electrons. The molecule has 1 fully saturated rings. The lowest BCUT2D eigenvalue weighted by Gasteiger charge is -2.22. The first-order valence-electron chi connectivity index (χ1n) is 6.45. The molecule has 0 aliphatic carbocycles. The fourth-order valence-corrected chi connectivity index (χ4v) is 5.01. The Morgan fingerprint density at radius 1 is 1.48 bits per heavy atom. The first kappa shape index (κ1) is 18.7. The Labute approximate surface area is 140 Å². The Kier molecular flexibility index (Phi) is 6.49. The maximum atomic E-state index is 12.8. The molecule has 1 heterocycles. The van der Waals surface area contributed by atoms with E-state index >= 15 is 0 Å². The Morgan fingerprint density at radius 3 is 2.67 bits per heavy atom. The van der Waals surface area contributed by atoms with Crippen LogP contribution in [0.25, 0.3) is 0 Å². The van der Waals surface area contributed by atoms with Crippen LogP contribution < -0.4 is 10.5 Å². The van der Waals surface area contributed by atoms with Crippen LogP contribution in [0, 0.1) is 5.92 Å². The van der Waals surface area contributed by atoms with E-state index in [1.807, 2.05) is 6.92 Å². The van der Waals surface area contributed by atoms with Crippen LogP contribution in [0.15, 0.2) is 27.6 Å². The first-order chi connectivity index (χ1) is 9.40. The maximum absolute atomic E-state index is 12.8. The summed E-state index contributed by atoms with van der Waals surface area (Å²) in [5.74, 6) is 0.578. The maximum Gasteiger partial charge on any atom is 0.247 e. The van der Waals surface area contributed by atoms with Crippen molar-refractivity contribution < 1.29 is 13.2 Å². The molecule has 1 aromatic carbocycles. The third-order valence-electron chi connectivity index (χ3n) is 3.65.